The maximum Gasteiger partial charge on any atom is 0.262 e. The molecule has 2 rings (SSSR count). The van der Waals surface area contributed by atoms with E-state index in [2.05, 4.69) is 21.2 Å². The van der Waals surface area contributed by atoms with E-state index >= 15 is 0 Å². The van der Waals surface area contributed by atoms with Crippen LogP contribution in [-0.4, -0.2) is 12.5 Å². The lowest BCUT2D eigenvalue weighted by atomic mass is 10.3. The van der Waals surface area contributed by atoms with Crippen LogP contribution in [0.25, 0.3) is 0 Å². The van der Waals surface area contributed by atoms with Crippen molar-refractivity contribution in [2.45, 2.75) is 0 Å². The van der Waals surface area contributed by atoms with Gasteiger partial charge in [-0.2, -0.15) is 0 Å². The van der Waals surface area contributed by atoms with Crippen LogP contribution >= 0.6 is 15.9 Å². The first-order chi connectivity index (χ1) is 9.15. The van der Waals surface area contributed by atoms with Gasteiger partial charge in [-0.3, -0.25) is 4.79 Å². The van der Waals surface area contributed by atoms with Crippen molar-refractivity contribution in [2.75, 3.05) is 17.7 Å². The zero-order chi connectivity index (χ0) is 13.7. The van der Waals surface area contributed by atoms with E-state index in [1.54, 1.807) is 24.3 Å². The Morgan fingerprint density at radius 1 is 1.21 bits per heavy atom. The highest BCUT2D eigenvalue weighted by atomic mass is 79.9. The predicted octanol–water partition coefficient (Wildman–Crippen LogP) is 3.05. The summed E-state index contributed by atoms with van der Waals surface area (Å²) in [6, 6.07) is 14.3. The van der Waals surface area contributed by atoms with Crippen LogP contribution in [0.5, 0.6) is 5.75 Å². The molecule has 0 saturated carbocycles. The third kappa shape index (κ3) is 3.99. The zero-order valence-corrected chi connectivity index (χ0v) is 11.7. The number of para-hydroxylation sites is 1. The molecule has 4 nitrogen and oxygen atoms in total. The zero-order valence-electron chi connectivity index (χ0n) is 10.1. The number of carbonyl (C=O) groups is 1. The first-order valence-electron chi connectivity index (χ1n) is 5.68. The van der Waals surface area contributed by atoms with Crippen molar-refractivity contribution in [3.05, 3.63) is 53.0 Å². The Labute approximate surface area is 119 Å². The third-order valence-corrected chi connectivity index (χ3v) is 3.07. The van der Waals surface area contributed by atoms with Gasteiger partial charge in [-0.05, 0) is 40.2 Å². The molecule has 98 valence electrons. The Morgan fingerprint density at radius 2 is 2.00 bits per heavy atom. The molecular formula is C14H13BrN2O2. The average molecular weight is 321 g/mol. The SMILES string of the molecule is Nc1cccc(OCC(=O)Nc2ccccc2Br)c1. The predicted molar refractivity (Wildman–Crippen MR) is 79.1 cm³/mol. The number of rotatable bonds is 4. The summed E-state index contributed by atoms with van der Waals surface area (Å²) in [5.74, 6) is 0.344. The number of benzene rings is 2. The Morgan fingerprint density at radius 3 is 2.74 bits per heavy atom. The van der Waals surface area contributed by atoms with Crippen molar-refractivity contribution in [1.29, 1.82) is 0 Å². The van der Waals surface area contributed by atoms with Gasteiger partial charge in [0, 0.05) is 16.2 Å². The van der Waals surface area contributed by atoms with E-state index in [0.717, 1.165) is 4.47 Å². The van der Waals surface area contributed by atoms with E-state index < -0.39 is 0 Å². The Kier molecular flexibility index (Phi) is 4.41. The summed E-state index contributed by atoms with van der Waals surface area (Å²) in [7, 11) is 0. The summed E-state index contributed by atoms with van der Waals surface area (Å²) >= 11 is 3.36. The average Bonchev–Trinajstić information content (AvgIpc) is 2.39. The second kappa shape index (κ2) is 6.24. The number of carbonyl (C=O) groups excluding carboxylic acids is 1. The van der Waals surface area contributed by atoms with Gasteiger partial charge < -0.3 is 15.8 Å². The summed E-state index contributed by atoms with van der Waals surface area (Å²) < 4.78 is 6.18. The van der Waals surface area contributed by atoms with Gasteiger partial charge in [0.25, 0.3) is 5.91 Å². The molecule has 0 aliphatic carbocycles. The van der Waals surface area contributed by atoms with Crippen molar-refractivity contribution in [2.24, 2.45) is 0 Å². The monoisotopic (exact) mass is 320 g/mol. The molecule has 3 N–H and O–H groups in total. The highest BCUT2D eigenvalue weighted by Gasteiger charge is 2.06. The summed E-state index contributed by atoms with van der Waals surface area (Å²) in [6.07, 6.45) is 0. The molecule has 2 aromatic rings. The van der Waals surface area contributed by atoms with Crippen molar-refractivity contribution in [3.63, 3.8) is 0 Å². The van der Waals surface area contributed by atoms with Gasteiger partial charge in [-0.15, -0.1) is 0 Å². The highest BCUT2D eigenvalue weighted by molar-refractivity contribution is 9.10. The number of hydrogen-bond donors (Lipinski definition) is 2. The van der Waals surface area contributed by atoms with E-state index in [0.29, 0.717) is 17.1 Å². The molecule has 0 fully saturated rings. The van der Waals surface area contributed by atoms with Crippen LogP contribution < -0.4 is 15.8 Å². The van der Waals surface area contributed by atoms with Gasteiger partial charge in [0.15, 0.2) is 6.61 Å². The lowest BCUT2D eigenvalue weighted by Crippen LogP contribution is -2.20. The number of halogens is 1. The number of nitrogens with one attached hydrogen (secondary N) is 1. The molecule has 0 bridgehead atoms. The molecule has 1 amide bonds. The minimum atomic E-state index is -0.227. The van der Waals surface area contributed by atoms with Gasteiger partial charge in [0.2, 0.25) is 0 Å². The molecular weight excluding hydrogens is 308 g/mol. The van der Waals surface area contributed by atoms with E-state index in [4.69, 9.17) is 10.5 Å². The Hall–Kier alpha value is -2.01. The van der Waals surface area contributed by atoms with Gasteiger partial charge in [0.05, 0.1) is 5.69 Å². The molecule has 0 saturated heterocycles. The molecule has 0 heterocycles. The number of hydrogen-bond acceptors (Lipinski definition) is 3. The quantitative estimate of drug-likeness (QED) is 0.851. The molecule has 0 aromatic heterocycles. The lowest BCUT2D eigenvalue weighted by molar-refractivity contribution is -0.118. The number of ether oxygens (including phenoxy) is 1. The van der Waals surface area contributed by atoms with Crippen LogP contribution in [0.4, 0.5) is 11.4 Å². The second-order valence-electron chi connectivity index (χ2n) is 3.89. The minimum absolute atomic E-state index is 0.0647. The van der Waals surface area contributed by atoms with Gasteiger partial charge in [-0.1, -0.05) is 18.2 Å². The largest absolute Gasteiger partial charge is 0.484 e. The maximum atomic E-state index is 11.7. The normalized spacial score (nSPS) is 9.95. The first-order valence-corrected chi connectivity index (χ1v) is 6.47. The van der Waals surface area contributed by atoms with Crippen LogP contribution in [0.15, 0.2) is 53.0 Å². The molecule has 0 aliphatic rings. The maximum absolute atomic E-state index is 11.7. The summed E-state index contributed by atoms with van der Waals surface area (Å²) in [5, 5.41) is 2.75. The number of anilines is 2. The van der Waals surface area contributed by atoms with Gasteiger partial charge >= 0.3 is 0 Å². The van der Waals surface area contributed by atoms with Crippen LogP contribution in [-0.2, 0) is 4.79 Å². The first kappa shape index (κ1) is 13.4. The molecule has 0 aliphatic heterocycles. The fourth-order valence-corrected chi connectivity index (χ4v) is 1.89. The summed E-state index contributed by atoms with van der Waals surface area (Å²) in [4.78, 5) is 11.7. The van der Waals surface area contributed by atoms with E-state index in [-0.39, 0.29) is 12.5 Å². The van der Waals surface area contributed by atoms with Crippen LogP contribution in [0.3, 0.4) is 0 Å². The van der Waals surface area contributed by atoms with E-state index in [1.807, 2.05) is 24.3 Å². The molecule has 0 radical (unpaired) electrons. The Balaban J connectivity index is 1.90. The minimum Gasteiger partial charge on any atom is -0.484 e. The third-order valence-electron chi connectivity index (χ3n) is 2.38. The number of nitrogens with two attached hydrogens (primary N) is 1. The van der Waals surface area contributed by atoms with Crippen LogP contribution in [0, 0.1) is 0 Å². The molecule has 0 atom stereocenters. The van der Waals surface area contributed by atoms with Crippen molar-refractivity contribution in [3.8, 4) is 5.75 Å². The molecule has 0 unspecified atom stereocenters. The second-order valence-corrected chi connectivity index (χ2v) is 4.74. The Bertz CT molecular complexity index is 587. The smallest absolute Gasteiger partial charge is 0.262 e. The molecule has 5 heteroatoms. The van der Waals surface area contributed by atoms with E-state index in [9.17, 15) is 4.79 Å². The number of nitrogen functional groups attached to an aromatic ring is 1. The standard InChI is InChI=1S/C14H13BrN2O2/c15-12-6-1-2-7-13(12)17-14(18)9-19-11-5-3-4-10(16)8-11/h1-8H,9,16H2,(H,17,18). The van der Waals surface area contributed by atoms with Crippen LogP contribution in [0.2, 0.25) is 0 Å². The number of amides is 1. The van der Waals surface area contributed by atoms with Crippen molar-refractivity contribution >= 4 is 33.2 Å². The fraction of sp³-hybridized carbons (Fsp3) is 0.0714. The lowest BCUT2D eigenvalue weighted by Gasteiger charge is -2.09. The topological polar surface area (TPSA) is 64.3 Å². The summed E-state index contributed by atoms with van der Waals surface area (Å²) in [5.41, 5.74) is 6.93. The molecule has 19 heavy (non-hydrogen) atoms. The molecule has 0 spiro atoms. The van der Waals surface area contributed by atoms with Crippen LogP contribution in [0.1, 0.15) is 0 Å². The van der Waals surface area contributed by atoms with Crippen molar-refractivity contribution in [1.82, 2.24) is 0 Å². The molecule has 2 aromatic carbocycles. The van der Waals surface area contributed by atoms with Gasteiger partial charge in [0.1, 0.15) is 5.75 Å². The van der Waals surface area contributed by atoms with Gasteiger partial charge in [-0.25, -0.2) is 0 Å². The summed E-state index contributed by atoms with van der Waals surface area (Å²) in [6.45, 7) is -0.0647. The van der Waals surface area contributed by atoms with E-state index in [1.165, 1.54) is 0 Å². The highest BCUT2D eigenvalue weighted by Crippen LogP contribution is 2.21. The van der Waals surface area contributed by atoms with Crippen molar-refractivity contribution < 1.29 is 9.53 Å². The fourth-order valence-electron chi connectivity index (χ4n) is 1.50.